The minimum absolute atomic E-state index is 0. The Kier molecular flexibility index (Phi) is 6.64. The summed E-state index contributed by atoms with van der Waals surface area (Å²) in [7, 11) is 0. The molecule has 0 bridgehead atoms. The summed E-state index contributed by atoms with van der Waals surface area (Å²) in [6.07, 6.45) is 0. The van der Waals surface area contributed by atoms with Crippen LogP contribution in [0.4, 0.5) is 0 Å². The van der Waals surface area contributed by atoms with Crippen LogP contribution < -0.4 is 34.0 Å². The zero-order chi connectivity index (χ0) is 8.81. The Morgan fingerprint density at radius 3 is 1.38 bits per heavy atom. The Morgan fingerprint density at radius 1 is 0.923 bits per heavy atom. The molecule has 3 heteroatoms. The quantitative estimate of drug-likeness (QED) is 0.387. The summed E-state index contributed by atoms with van der Waals surface area (Å²) in [6.45, 7) is 11.2. The molecule has 1 rings (SSSR count). The number of rotatable bonds is 0. The molecule has 78 valence electrons. The van der Waals surface area contributed by atoms with Crippen molar-refractivity contribution in [3.8, 4) is 0 Å². The molecule has 13 heavy (non-hydrogen) atoms. The van der Waals surface area contributed by atoms with Crippen LogP contribution in [0.2, 0.25) is 0 Å². The average Bonchev–Trinajstić information content (AvgIpc) is 2.06. The van der Waals surface area contributed by atoms with Crippen molar-refractivity contribution in [2.24, 2.45) is 5.41 Å². The van der Waals surface area contributed by atoms with E-state index in [1.165, 1.54) is 20.9 Å². The SMILES string of the molecule is CC1=C(C)C(C)(C)[C]([Rh+2])=C1C.[Br-].[Br-]. The zero-order valence-corrected chi connectivity index (χ0v) is 13.4. The van der Waals surface area contributed by atoms with Crippen LogP contribution in [0, 0.1) is 5.41 Å². The Labute approximate surface area is 112 Å². The summed E-state index contributed by atoms with van der Waals surface area (Å²) in [6, 6.07) is 0. The van der Waals surface area contributed by atoms with E-state index in [0.717, 1.165) is 0 Å². The predicted octanol–water partition coefficient (Wildman–Crippen LogP) is -2.81. The van der Waals surface area contributed by atoms with Gasteiger partial charge in [0, 0.05) is 0 Å². The predicted molar refractivity (Wildman–Crippen MR) is 44.9 cm³/mol. The van der Waals surface area contributed by atoms with Crippen molar-refractivity contribution >= 4 is 0 Å². The normalized spacial score (nSPS) is 19.8. The van der Waals surface area contributed by atoms with Gasteiger partial charge in [-0.2, -0.15) is 0 Å². The zero-order valence-electron chi connectivity index (χ0n) is 8.59. The van der Waals surface area contributed by atoms with Crippen molar-refractivity contribution in [2.45, 2.75) is 34.6 Å². The van der Waals surface area contributed by atoms with Crippen molar-refractivity contribution in [3.05, 3.63) is 20.9 Å². The Hall–Kier alpha value is 1.06. The van der Waals surface area contributed by atoms with Gasteiger partial charge in [-0.05, 0) is 0 Å². The van der Waals surface area contributed by atoms with Gasteiger partial charge in [0.25, 0.3) is 0 Å². The first-order chi connectivity index (χ1) is 4.89. The molecule has 0 aliphatic heterocycles. The molecule has 0 aromatic rings. The van der Waals surface area contributed by atoms with Crippen molar-refractivity contribution in [2.75, 3.05) is 0 Å². The van der Waals surface area contributed by atoms with Crippen LogP contribution in [0.3, 0.4) is 0 Å². The molecular formula is C10H15Br2Rh. The minimum atomic E-state index is 0. The van der Waals surface area contributed by atoms with Gasteiger partial charge in [0.1, 0.15) is 0 Å². The molecule has 1 aliphatic carbocycles. The Bertz CT molecular complexity index is 236. The Morgan fingerprint density at radius 2 is 1.31 bits per heavy atom. The van der Waals surface area contributed by atoms with Gasteiger partial charge in [-0.25, -0.2) is 0 Å². The number of halogens is 2. The summed E-state index contributed by atoms with van der Waals surface area (Å²) < 4.78 is 1.42. The minimum Gasteiger partial charge on any atom is -1.00 e. The van der Waals surface area contributed by atoms with Gasteiger partial charge >= 0.3 is 79.2 Å². The fourth-order valence-corrected chi connectivity index (χ4v) is 2.15. The van der Waals surface area contributed by atoms with E-state index < -0.39 is 0 Å². The van der Waals surface area contributed by atoms with Gasteiger partial charge in [0.15, 0.2) is 0 Å². The molecule has 0 nitrogen and oxygen atoms in total. The second-order valence-electron chi connectivity index (χ2n) is 3.79. The molecule has 0 N–H and O–H groups in total. The summed E-state index contributed by atoms with van der Waals surface area (Å²) in [5.74, 6) is 0. The van der Waals surface area contributed by atoms with Crippen molar-refractivity contribution in [1.82, 2.24) is 0 Å². The first kappa shape index (κ1) is 16.5. The monoisotopic (exact) mass is 396 g/mol. The molecule has 0 fully saturated rings. The number of hydrogen-bond donors (Lipinski definition) is 0. The smallest absolute Gasteiger partial charge is 1.00 e. The second kappa shape index (κ2) is 5.23. The van der Waals surface area contributed by atoms with Gasteiger partial charge in [0.05, 0.1) is 0 Å². The molecule has 0 aromatic heterocycles. The fourth-order valence-electron chi connectivity index (χ4n) is 1.53. The van der Waals surface area contributed by atoms with Gasteiger partial charge < -0.3 is 34.0 Å². The molecule has 0 saturated carbocycles. The molecule has 0 aromatic carbocycles. The van der Waals surface area contributed by atoms with Crippen LogP contribution in [0.1, 0.15) is 34.6 Å². The van der Waals surface area contributed by atoms with Crippen LogP contribution in [-0.4, -0.2) is 0 Å². The van der Waals surface area contributed by atoms with Gasteiger partial charge in [-0.15, -0.1) is 0 Å². The molecule has 0 unspecified atom stereocenters. The van der Waals surface area contributed by atoms with Crippen LogP contribution in [-0.2, 0) is 18.3 Å². The average molecular weight is 398 g/mol. The third-order valence-corrected chi connectivity index (χ3v) is 4.53. The topological polar surface area (TPSA) is 0 Å². The maximum Gasteiger partial charge on any atom is -1.00 e. The summed E-state index contributed by atoms with van der Waals surface area (Å²) in [5, 5.41) is 0. The van der Waals surface area contributed by atoms with Crippen molar-refractivity contribution in [1.29, 1.82) is 0 Å². The second-order valence-corrected chi connectivity index (χ2v) is 4.61. The molecule has 0 amide bonds. The standard InChI is InChI=1S/C10H15.2BrH.Rh/c1-7-6-10(4,5)9(3)8(7)2;;;/h1-5H3;2*1H;/q;;;+2/p-2. The van der Waals surface area contributed by atoms with E-state index in [9.17, 15) is 0 Å². The molecule has 0 atom stereocenters. The van der Waals surface area contributed by atoms with Crippen LogP contribution >= 0.6 is 0 Å². The molecule has 0 saturated heterocycles. The first-order valence-electron chi connectivity index (χ1n) is 3.92. The molecule has 0 spiro atoms. The maximum absolute atomic E-state index is 3.07. The number of allylic oxidation sites excluding steroid dienone is 4. The van der Waals surface area contributed by atoms with Gasteiger partial charge in [0.2, 0.25) is 0 Å². The van der Waals surface area contributed by atoms with E-state index in [4.69, 9.17) is 0 Å². The van der Waals surface area contributed by atoms with E-state index in [-0.39, 0.29) is 39.4 Å². The van der Waals surface area contributed by atoms with E-state index in [0.29, 0.717) is 0 Å². The van der Waals surface area contributed by atoms with Crippen LogP contribution in [0.25, 0.3) is 0 Å². The van der Waals surface area contributed by atoms with Gasteiger partial charge in [-0.1, -0.05) is 0 Å². The summed E-state index contributed by atoms with van der Waals surface area (Å²) >= 11 is 3.07. The fraction of sp³-hybridized carbons (Fsp3) is 0.600. The largest absolute Gasteiger partial charge is 1.00 e. The van der Waals surface area contributed by atoms with Crippen LogP contribution in [0.15, 0.2) is 20.9 Å². The van der Waals surface area contributed by atoms with Gasteiger partial charge in [-0.3, -0.25) is 0 Å². The van der Waals surface area contributed by atoms with Crippen molar-refractivity contribution in [3.63, 3.8) is 0 Å². The molecule has 0 radical (unpaired) electrons. The van der Waals surface area contributed by atoms with Crippen molar-refractivity contribution < 1.29 is 52.3 Å². The molecule has 1 aliphatic rings. The van der Waals surface area contributed by atoms with E-state index in [2.05, 4.69) is 52.9 Å². The van der Waals surface area contributed by atoms with E-state index in [1.807, 2.05) is 0 Å². The summed E-state index contributed by atoms with van der Waals surface area (Å²) in [5.41, 5.74) is 4.68. The van der Waals surface area contributed by atoms with E-state index in [1.54, 1.807) is 0 Å². The molecular weight excluding hydrogens is 383 g/mol. The first-order valence-corrected chi connectivity index (χ1v) is 4.74. The third-order valence-electron chi connectivity index (χ3n) is 2.90. The van der Waals surface area contributed by atoms with Crippen LogP contribution in [0.5, 0.6) is 0 Å². The number of hydrogen-bond acceptors (Lipinski definition) is 0. The third kappa shape index (κ3) is 2.55. The van der Waals surface area contributed by atoms with E-state index >= 15 is 0 Å². The molecule has 0 heterocycles. The maximum atomic E-state index is 3.07. The Balaban J connectivity index is 0. The summed E-state index contributed by atoms with van der Waals surface area (Å²) in [4.78, 5) is 0.